The first-order valence-corrected chi connectivity index (χ1v) is 9.88. The van der Waals surface area contributed by atoms with Crippen LogP contribution in [0, 0.1) is 5.92 Å². The molecular formula is C23H26N2O7. The molecule has 0 unspecified atom stereocenters. The molecule has 9 nitrogen and oxygen atoms in total. The van der Waals surface area contributed by atoms with E-state index in [1.807, 2.05) is 0 Å². The van der Waals surface area contributed by atoms with Crippen molar-refractivity contribution in [1.82, 2.24) is 5.48 Å². The molecule has 2 aromatic rings. The summed E-state index contributed by atoms with van der Waals surface area (Å²) in [5, 5.41) is 20.1. The summed E-state index contributed by atoms with van der Waals surface area (Å²) in [5.41, 5.74) is 3.12. The van der Waals surface area contributed by atoms with Crippen LogP contribution in [0.15, 0.2) is 60.7 Å². The monoisotopic (exact) mass is 442 g/mol. The first-order chi connectivity index (χ1) is 15.3. The number of rotatable bonds is 10. The highest BCUT2D eigenvalue weighted by Crippen LogP contribution is 2.29. The average Bonchev–Trinajstić information content (AvgIpc) is 2.80. The van der Waals surface area contributed by atoms with Crippen molar-refractivity contribution >= 4 is 23.5 Å². The predicted molar refractivity (Wildman–Crippen MR) is 117 cm³/mol. The first kappa shape index (κ1) is 24.6. The summed E-state index contributed by atoms with van der Waals surface area (Å²) in [5.74, 6) is -0.682. The van der Waals surface area contributed by atoms with Crippen LogP contribution in [-0.2, 0) is 9.53 Å². The summed E-state index contributed by atoms with van der Waals surface area (Å²) in [6.45, 7) is 3.24. The second-order valence-electron chi connectivity index (χ2n) is 6.92. The SMILES string of the molecule is CC(=O)c1ccc(NC(=O)O[C@@H](c2ccc(OCCO)cc2)[C@H](C)/C=C/C(=O)NO)cc1. The van der Waals surface area contributed by atoms with E-state index in [2.05, 4.69) is 5.32 Å². The lowest BCUT2D eigenvalue weighted by Gasteiger charge is -2.23. The molecule has 9 heteroatoms. The Kier molecular flexibility index (Phi) is 9.40. The highest BCUT2D eigenvalue weighted by molar-refractivity contribution is 5.95. The number of hydroxylamine groups is 1. The lowest BCUT2D eigenvalue weighted by molar-refractivity contribution is -0.124. The zero-order valence-electron chi connectivity index (χ0n) is 17.8. The minimum Gasteiger partial charge on any atom is -0.491 e. The van der Waals surface area contributed by atoms with Crippen molar-refractivity contribution < 1.29 is 34.2 Å². The predicted octanol–water partition coefficient (Wildman–Crippen LogP) is 3.25. The molecule has 0 aliphatic heterocycles. The van der Waals surface area contributed by atoms with Crippen LogP contribution in [0.3, 0.4) is 0 Å². The number of Topliss-reactive ketones (excluding diaryl/α,β-unsaturated/α-hetero) is 1. The van der Waals surface area contributed by atoms with E-state index in [4.69, 9.17) is 19.8 Å². The molecule has 0 spiro atoms. The smallest absolute Gasteiger partial charge is 0.412 e. The molecule has 0 aromatic heterocycles. The van der Waals surface area contributed by atoms with Crippen LogP contribution in [0.25, 0.3) is 0 Å². The van der Waals surface area contributed by atoms with Crippen LogP contribution in [0.4, 0.5) is 10.5 Å². The Labute approximate surface area is 185 Å². The second kappa shape index (κ2) is 12.2. The minimum atomic E-state index is -0.763. The number of anilines is 1. The third-order valence-corrected chi connectivity index (χ3v) is 4.48. The largest absolute Gasteiger partial charge is 0.491 e. The van der Waals surface area contributed by atoms with Crippen molar-refractivity contribution in [3.05, 3.63) is 71.8 Å². The van der Waals surface area contributed by atoms with Crippen LogP contribution < -0.4 is 15.5 Å². The number of carbonyl (C=O) groups is 3. The maximum absolute atomic E-state index is 12.5. The van der Waals surface area contributed by atoms with Gasteiger partial charge in [-0.05, 0) is 48.9 Å². The number of hydrogen-bond acceptors (Lipinski definition) is 7. The molecule has 0 radical (unpaired) electrons. The molecule has 0 bridgehead atoms. The van der Waals surface area contributed by atoms with Gasteiger partial charge in [0.15, 0.2) is 5.78 Å². The van der Waals surface area contributed by atoms with Crippen molar-refractivity contribution in [3.63, 3.8) is 0 Å². The summed E-state index contributed by atoms with van der Waals surface area (Å²) in [6.07, 6.45) is 1.15. The van der Waals surface area contributed by atoms with Gasteiger partial charge in [-0.2, -0.15) is 0 Å². The first-order valence-electron chi connectivity index (χ1n) is 9.88. The summed E-state index contributed by atoms with van der Waals surface area (Å²) in [4.78, 5) is 35.2. The molecule has 2 atom stereocenters. The average molecular weight is 442 g/mol. The van der Waals surface area contributed by atoms with Gasteiger partial charge >= 0.3 is 6.09 Å². The van der Waals surface area contributed by atoms with E-state index in [1.165, 1.54) is 18.5 Å². The highest BCUT2D eigenvalue weighted by atomic mass is 16.6. The Bertz CT molecular complexity index is 940. The van der Waals surface area contributed by atoms with E-state index < -0.39 is 24.0 Å². The number of benzene rings is 2. The molecular weight excluding hydrogens is 416 g/mol. The number of aliphatic hydroxyl groups excluding tert-OH is 1. The Balaban J connectivity index is 2.17. The van der Waals surface area contributed by atoms with Crippen LogP contribution in [0.1, 0.15) is 35.9 Å². The van der Waals surface area contributed by atoms with Gasteiger partial charge in [0.25, 0.3) is 5.91 Å². The molecule has 2 amide bonds. The number of ether oxygens (including phenoxy) is 2. The topological polar surface area (TPSA) is 134 Å². The molecule has 0 heterocycles. The Hall–Kier alpha value is -3.69. The van der Waals surface area contributed by atoms with Gasteiger partial charge in [0.2, 0.25) is 0 Å². The Morgan fingerprint density at radius 1 is 1.06 bits per heavy atom. The van der Waals surface area contributed by atoms with Crippen LogP contribution >= 0.6 is 0 Å². The third-order valence-electron chi connectivity index (χ3n) is 4.48. The van der Waals surface area contributed by atoms with Crippen LogP contribution in [-0.4, -0.2) is 41.3 Å². The molecule has 170 valence electrons. The molecule has 32 heavy (non-hydrogen) atoms. The highest BCUT2D eigenvalue weighted by Gasteiger charge is 2.23. The molecule has 0 aliphatic carbocycles. The molecule has 2 aromatic carbocycles. The molecule has 0 saturated carbocycles. The van der Waals surface area contributed by atoms with Gasteiger partial charge in [-0.3, -0.25) is 20.1 Å². The quantitative estimate of drug-likeness (QED) is 0.192. The van der Waals surface area contributed by atoms with Crippen molar-refractivity contribution in [2.24, 2.45) is 5.92 Å². The molecule has 0 aliphatic rings. The van der Waals surface area contributed by atoms with Crippen molar-refractivity contribution in [2.75, 3.05) is 18.5 Å². The molecule has 0 saturated heterocycles. The zero-order chi connectivity index (χ0) is 23.5. The van der Waals surface area contributed by atoms with Gasteiger partial charge in [-0.15, -0.1) is 0 Å². The van der Waals surface area contributed by atoms with E-state index in [1.54, 1.807) is 55.5 Å². The molecule has 0 fully saturated rings. The van der Waals surface area contributed by atoms with Gasteiger partial charge in [-0.25, -0.2) is 10.3 Å². The lowest BCUT2D eigenvalue weighted by Crippen LogP contribution is -2.22. The summed E-state index contributed by atoms with van der Waals surface area (Å²) in [7, 11) is 0. The Morgan fingerprint density at radius 3 is 2.28 bits per heavy atom. The van der Waals surface area contributed by atoms with E-state index >= 15 is 0 Å². The molecule has 2 rings (SSSR count). The van der Waals surface area contributed by atoms with Crippen molar-refractivity contribution in [3.8, 4) is 5.75 Å². The fourth-order valence-electron chi connectivity index (χ4n) is 2.82. The lowest BCUT2D eigenvalue weighted by atomic mass is 9.96. The third kappa shape index (κ3) is 7.53. The van der Waals surface area contributed by atoms with Crippen molar-refractivity contribution in [2.45, 2.75) is 20.0 Å². The minimum absolute atomic E-state index is 0.0851. The summed E-state index contributed by atoms with van der Waals surface area (Å²) < 4.78 is 11.0. The zero-order valence-corrected chi connectivity index (χ0v) is 17.8. The van der Waals surface area contributed by atoms with Crippen LogP contribution in [0.5, 0.6) is 5.75 Å². The van der Waals surface area contributed by atoms with E-state index in [9.17, 15) is 14.4 Å². The number of nitrogens with one attached hydrogen (secondary N) is 2. The second-order valence-corrected chi connectivity index (χ2v) is 6.92. The Morgan fingerprint density at radius 2 is 1.72 bits per heavy atom. The van der Waals surface area contributed by atoms with E-state index in [-0.39, 0.29) is 19.0 Å². The maximum Gasteiger partial charge on any atom is 0.412 e. The number of hydrogen-bond donors (Lipinski definition) is 4. The van der Waals surface area contributed by atoms with Crippen LogP contribution in [0.2, 0.25) is 0 Å². The molecule has 4 N–H and O–H groups in total. The fourth-order valence-corrected chi connectivity index (χ4v) is 2.82. The van der Waals surface area contributed by atoms with E-state index in [0.29, 0.717) is 22.6 Å². The summed E-state index contributed by atoms with van der Waals surface area (Å²) in [6, 6.07) is 13.2. The van der Waals surface area contributed by atoms with E-state index in [0.717, 1.165) is 6.08 Å². The van der Waals surface area contributed by atoms with Gasteiger partial charge in [0.05, 0.1) is 6.61 Å². The maximum atomic E-state index is 12.5. The fraction of sp³-hybridized carbons (Fsp3) is 0.261. The van der Waals surface area contributed by atoms with Gasteiger partial charge < -0.3 is 14.6 Å². The van der Waals surface area contributed by atoms with Gasteiger partial charge in [0, 0.05) is 23.2 Å². The van der Waals surface area contributed by atoms with Crippen molar-refractivity contribution in [1.29, 1.82) is 0 Å². The summed E-state index contributed by atoms with van der Waals surface area (Å²) >= 11 is 0. The standard InChI is InChI=1S/C23H26N2O7/c1-15(3-12-21(28)25-30)22(18-6-10-20(11-7-18)31-14-13-26)32-23(29)24-19-8-4-17(5-9-19)16(2)27/h3-12,15,22,26,30H,13-14H2,1-2H3,(H,24,29)(H,25,28)/b12-3+/t15-,22-/m1/s1. The van der Waals surface area contributed by atoms with Gasteiger partial charge in [0.1, 0.15) is 18.5 Å². The normalized spacial score (nSPS) is 12.6. The number of carbonyl (C=O) groups excluding carboxylic acids is 3. The van der Waals surface area contributed by atoms with Gasteiger partial charge in [-0.1, -0.05) is 25.1 Å². The number of ketones is 1. The number of amides is 2. The number of aliphatic hydroxyl groups is 1.